The molecule has 2 aromatic rings. The van der Waals surface area contributed by atoms with Crippen LogP contribution in [0.1, 0.15) is 47.6 Å². The number of furan rings is 1. The Labute approximate surface area is 158 Å². The monoisotopic (exact) mass is 371 g/mol. The summed E-state index contributed by atoms with van der Waals surface area (Å²) in [5.41, 5.74) is 1.18. The highest BCUT2D eigenvalue weighted by Gasteiger charge is 2.09. The van der Waals surface area contributed by atoms with E-state index in [1.165, 1.54) is 6.26 Å². The van der Waals surface area contributed by atoms with Crippen molar-refractivity contribution in [1.29, 1.82) is 0 Å². The highest BCUT2D eigenvalue weighted by Crippen LogP contribution is 2.10. The maximum absolute atomic E-state index is 12.0. The minimum atomic E-state index is -0.299. The Kier molecular flexibility index (Phi) is 7.61. The largest absolute Gasteiger partial charge is 0.459 e. The first kappa shape index (κ1) is 20.2. The molecule has 0 aliphatic heterocycles. The molecule has 1 aromatic heterocycles. The van der Waals surface area contributed by atoms with Gasteiger partial charge < -0.3 is 20.4 Å². The number of carbonyl (C=O) groups is 3. The van der Waals surface area contributed by atoms with Gasteiger partial charge in [0.2, 0.25) is 5.91 Å². The van der Waals surface area contributed by atoms with Crippen molar-refractivity contribution in [3.63, 3.8) is 0 Å². The van der Waals surface area contributed by atoms with Crippen LogP contribution >= 0.6 is 0 Å². The van der Waals surface area contributed by atoms with Gasteiger partial charge in [-0.3, -0.25) is 14.4 Å². The lowest BCUT2D eigenvalue weighted by molar-refractivity contribution is -0.116. The molecule has 0 aliphatic rings. The molecule has 0 fully saturated rings. The van der Waals surface area contributed by atoms with Gasteiger partial charge in [-0.25, -0.2) is 0 Å². The van der Waals surface area contributed by atoms with Gasteiger partial charge in [-0.15, -0.1) is 0 Å². The number of hydrogen-bond acceptors (Lipinski definition) is 4. The second kappa shape index (κ2) is 10.2. The molecule has 3 N–H and O–H groups in total. The fourth-order valence-electron chi connectivity index (χ4n) is 2.27. The zero-order valence-electron chi connectivity index (χ0n) is 15.6. The van der Waals surface area contributed by atoms with Crippen molar-refractivity contribution in [1.82, 2.24) is 10.6 Å². The molecule has 0 radical (unpaired) electrons. The number of rotatable bonds is 9. The van der Waals surface area contributed by atoms with Gasteiger partial charge in [-0.05, 0) is 48.7 Å². The summed E-state index contributed by atoms with van der Waals surface area (Å²) in [5, 5.41) is 8.30. The van der Waals surface area contributed by atoms with E-state index < -0.39 is 0 Å². The molecule has 1 aromatic carbocycles. The van der Waals surface area contributed by atoms with Crippen molar-refractivity contribution in [2.45, 2.75) is 26.7 Å². The standard InChI is InChI=1S/C20H25N3O4/c1-14(2)13-22-19(25)15-7-9-16(10-8-15)23-18(24)6-3-11-21-20(26)17-5-4-12-27-17/h4-5,7-10,12,14H,3,6,11,13H2,1-2H3,(H,21,26)(H,22,25)(H,23,24). The van der Waals surface area contributed by atoms with Crippen LogP contribution < -0.4 is 16.0 Å². The van der Waals surface area contributed by atoms with Crippen molar-refractivity contribution in [3.8, 4) is 0 Å². The van der Waals surface area contributed by atoms with Gasteiger partial charge in [0.05, 0.1) is 6.26 Å². The van der Waals surface area contributed by atoms with Gasteiger partial charge in [0.25, 0.3) is 11.8 Å². The summed E-state index contributed by atoms with van der Waals surface area (Å²) >= 11 is 0. The summed E-state index contributed by atoms with van der Waals surface area (Å²) in [6, 6.07) is 9.96. The van der Waals surface area contributed by atoms with Crippen LogP contribution in [0.3, 0.4) is 0 Å². The molecule has 0 saturated heterocycles. The van der Waals surface area contributed by atoms with E-state index >= 15 is 0 Å². The van der Waals surface area contributed by atoms with Gasteiger partial charge in [0.15, 0.2) is 5.76 Å². The highest BCUT2D eigenvalue weighted by molar-refractivity contribution is 5.95. The number of benzene rings is 1. The fraction of sp³-hybridized carbons (Fsp3) is 0.350. The average molecular weight is 371 g/mol. The van der Waals surface area contributed by atoms with Gasteiger partial charge in [-0.1, -0.05) is 13.8 Å². The molecule has 0 aliphatic carbocycles. The van der Waals surface area contributed by atoms with E-state index in [1.54, 1.807) is 36.4 Å². The summed E-state index contributed by atoms with van der Waals surface area (Å²) in [5.74, 6) is 0.0493. The van der Waals surface area contributed by atoms with Crippen LogP contribution in [0.15, 0.2) is 47.1 Å². The Morgan fingerprint density at radius 3 is 2.37 bits per heavy atom. The first-order valence-corrected chi connectivity index (χ1v) is 8.95. The molecule has 0 unspecified atom stereocenters. The molecule has 7 heteroatoms. The third-order valence-corrected chi connectivity index (χ3v) is 3.71. The van der Waals surface area contributed by atoms with Crippen LogP contribution in [-0.4, -0.2) is 30.8 Å². The second-order valence-corrected chi connectivity index (χ2v) is 6.57. The molecule has 2 rings (SSSR count). The second-order valence-electron chi connectivity index (χ2n) is 6.57. The van der Waals surface area contributed by atoms with Crippen LogP contribution in [0.25, 0.3) is 0 Å². The molecule has 3 amide bonds. The predicted molar refractivity (Wildman–Crippen MR) is 103 cm³/mol. The van der Waals surface area contributed by atoms with Gasteiger partial charge in [0, 0.05) is 30.8 Å². The average Bonchev–Trinajstić information content (AvgIpc) is 3.18. The Hall–Kier alpha value is -3.09. The van der Waals surface area contributed by atoms with Crippen molar-refractivity contribution < 1.29 is 18.8 Å². The summed E-state index contributed by atoms with van der Waals surface area (Å²) in [7, 11) is 0. The number of nitrogens with one attached hydrogen (secondary N) is 3. The van der Waals surface area contributed by atoms with Crippen LogP contribution in [0.2, 0.25) is 0 Å². The fourth-order valence-corrected chi connectivity index (χ4v) is 2.27. The maximum atomic E-state index is 12.0. The lowest BCUT2D eigenvalue weighted by atomic mass is 10.1. The quantitative estimate of drug-likeness (QED) is 0.590. The van der Waals surface area contributed by atoms with Gasteiger partial charge in [-0.2, -0.15) is 0 Å². The van der Waals surface area contributed by atoms with E-state index in [1.807, 2.05) is 13.8 Å². The SMILES string of the molecule is CC(C)CNC(=O)c1ccc(NC(=O)CCCNC(=O)c2ccco2)cc1. The number of carbonyl (C=O) groups excluding carboxylic acids is 3. The van der Waals surface area contributed by atoms with Gasteiger partial charge >= 0.3 is 0 Å². The van der Waals surface area contributed by atoms with Crippen molar-refractivity contribution >= 4 is 23.4 Å². The first-order valence-electron chi connectivity index (χ1n) is 8.95. The molecule has 0 bridgehead atoms. The first-order chi connectivity index (χ1) is 13.0. The van der Waals surface area contributed by atoms with E-state index in [2.05, 4.69) is 16.0 Å². The molecule has 0 atom stereocenters. The third-order valence-electron chi connectivity index (χ3n) is 3.71. The van der Waals surface area contributed by atoms with Crippen molar-refractivity contribution in [2.24, 2.45) is 5.92 Å². The van der Waals surface area contributed by atoms with Gasteiger partial charge in [0.1, 0.15) is 0 Å². The van der Waals surface area contributed by atoms with E-state index in [-0.39, 0.29) is 29.9 Å². The Balaban J connectivity index is 1.69. The number of anilines is 1. The lowest BCUT2D eigenvalue weighted by Gasteiger charge is -2.09. The van der Waals surface area contributed by atoms with Crippen LogP contribution in [-0.2, 0) is 4.79 Å². The molecular formula is C20H25N3O4. The third kappa shape index (κ3) is 6.97. The molecule has 27 heavy (non-hydrogen) atoms. The van der Waals surface area contributed by atoms with Crippen LogP contribution in [0.5, 0.6) is 0 Å². The molecule has 144 valence electrons. The van der Waals surface area contributed by atoms with Crippen LogP contribution in [0.4, 0.5) is 5.69 Å². The van der Waals surface area contributed by atoms with E-state index in [4.69, 9.17) is 4.42 Å². The molecule has 7 nitrogen and oxygen atoms in total. The highest BCUT2D eigenvalue weighted by atomic mass is 16.3. The summed E-state index contributed by atoms with van der Waals surface area (Å²) < 4.78 is 4.99. The maximum Gasteiger partial charge on any atom is 0.286 e. The van der Waals surface area contributed by atoms with Crippen molar-refractivity contribution in [2.75, 3.05) is 18.4 Å². The summed E-state index contributed by atoms with van der Waals surface area (Å²) in [6.07, 6.45) is 2.21. The smallest absolute Gasteiger partial charge is 0.286 e. The van der Waals surface area contributed by atoms with Crippen molar-refractivity contribution in [3.05, 3.63) is 54.0 Å². The Bertz CT molecular complexity index is 752. The molecule has 0 spiro atoms. The zero-order valence-corrected chi connectivity index (χ0v) is 15.6. The number of amides is 3. The molecule has 0 saturated carbocycles. The van der Waals surface area contributed by atoms with E-state index in [0.29, 0.717) is 36.7 Å². The molecule has 1 heterocycles. The minimum absolute atomic E-state index is 0.131. The molecular weight excluding hydrogens is 346 g/mol. The Morgan fingerprint density at radius 1 is 1.00 bits per heavy atom. The van der Waals surface area contributed by atoms with E-state index in [0.717, 1.165) is 0 Å². The predicted octanol–water partition coefficient (Wildman–Crippen LogP) is 2.81. The lowest BCUT2D eigenvalue weighted by Crippen LogP contribution is -2.27. The van der Waals surface area contributed by atoms with E-state index in [9.17, 15) is 14.4 Å². The summed E-state index contributed by atoms with van der Waals surface area (Å²) in [6.45, 7) is 5.05. The Morgan fingerprint density at radius 2 is 1.74 bits per heavy atom. The topological polar surface area (TPSA) is 100 Å². The van der Waals surface area contributed by atoms with Crippen LogP contribution in [0, 0.1) is 5.92 Å². The normalized spacial score (nSPS) is 10.5. The minimum Gasteiger partial charge on any atom is -0.459 e. The number of hydrogen-bond donors (Lipinski definition) is 3. The summed E-state index contributed by atoms with van der Waals surface area (Å²) in [4.78, 5) is 35.6. The zero-order chi connectivity index (χ0) is 19.6.